The van der Waals surface area contributed by atoms with E-state index in [9.17, 15) is 10.2 Å². The van der Waals surface area contributed by atoms with Gasteiger partial charge in [-0.1, -0.05) is 13.3 Å². The molecule has 1 aliphatic rings. The molecule has 1 aromatic carbocycles. The molecule has 0 spiro atoms. The van der Waals surface area contributed by atoms with Crippen LogP contribution in [0.1, 0.15) is 62.6 Å². The average molecular weight is 264 g/mol. The van der Waals surface area contributed by atoms with Gasteiger partial charge in [0.2, 0.25) is 0 Å². The van der Waals surface area contributed by atoms with Gasteiger partial charge in [0.15, 0.2) is 0 Å². The van der Waals surface area contributed by atoms with Crippen molar-refractivity contribution in [2.24, 2.45) is 0 Å². The smallest absolute Gasteiger partial charge is 0.124 e. The quantitative estimate of drug-likeness (QED) is 0.876. The lowest BCUT2D eigenvalue weighted by molar-refractivity contribution is 0.0694. The first-order chi connectivity index (χ1) is 8.89. The van der Waals surface area contributed by atoms with Crippen molar-refractivity contribution in [2.75, 3.05) is 0 Å². The molecule has 0 saturated carbocycles. The first-order valence-corrected chi connectivity index (χ1v) is 7.04. The highest BCUT2D eigenvalue weighted by Crippen LogP contribution is 2.47. The lowest BCUT2D eigenvalue weighted by Crippen LogP contribution is -2.35. The number of aromatic hydroxyl groups is 1. The van der Waals surface area contributed by atoms with Crippen LogP contribution in [0.2, 0.25) is 0 Å². The van der Waals surface area contributed by atoms with E-state index in [1.165, 1.54) is 0 Å². The summed E-state index contributed by atoms with van der Waals surface area (Å²) in [6, 6.07) is 1.79. The second-order valence-corrected chi connectivity index (χ2v) is 6.13. The summed E-state index contributed by atoms with van der Waals surface area (Å²) < 4.78 is 6.05. The fourth-order valence-electron chi connectivity index (χ4n) is 3.20. The van der Waals surface area contributed by atoms with E-state index in [-0.39, 0.29) is 18.0 Å². The minimum Gasteiger partial charge on any atom is -0.507 e. The van der Waals surface area contributed by atoms with Gasteiger partial charge in [-0.2, -0.15) is 0 Å². The summed E-state index contributed by atoms with van der Waals surface area (Å²) in [5.74, 6) is 1.46. The van der Waals surface area contributed by atoms with Crippen LogP contribution in [0.5, 0.6) is 11.5 Å². The molecule has 1 unspecified atom stereocenters. The topological polar surface area (TPSA) is 49.7 Å². The minimum absolute atomic E-state index is 0.164. The van der Waals surface area contributed by atoms with Crippen LogP contribution in [0, 0.1) is 6.92 Å². The molecule has 106 valence electrons. The van der Waals surface area contributed by atoms with Crippen LogP contribution >= 0.6 is 0 Å². The summed E-state index contributed by atoms with van der Waals surface area (Å²) in [6.45, 7) is 8.12. The molecule has 1 heterocycles. The Bertz CT molecular complexity index is 477. The van der Waals surface area contributed by atoms with Gasteiger partial charge in [0, 0.05) is 11.1 Å². The highest BCUT2D eigenvalue weighted by atomic mass is 16.5. The lowest BCUT2D eigenvalue weighted by Gasteiger charge is -2.39. The van der Waals surface area contributed by atoms with Crippen LogP contribution in [-0.4, -0.2) is 15.8 Å². The summed E-state index contributed by atoms with van der Waals surface area (Å²) in [4.78, 5) is 0. The van der Waals surface area contributed by atoms with Gasteiger partial charge in [0.05, 0.1) is 6.61 Å². The van der Waals surface area contributed by atoms with Gasteiger partial charge in [-0.15, -0.1) is 0 Å². The van der Waals surface area contributed by atoms with Gasteiger partial charge in [0.25, 0.3) is 0 Å². The Labute approximate surface area is 115 Å². The molecule has 0 fully saturated rings. The van der Waals surface area contributed by atoms with Crippen molar-refractivity contribution in [1.29, 1.82) is 0 Å². The van der Waals surface area contributed by atoms with E-state index >= 15 is 0 Å². The zero-order valence-electron chi connectivity index (χ0n) is 12.3. The van der Waals surface area contributed by atoms with E-state index in [4.69, 9.17) is 4.74 Å². The average Bonchev–Trinajstić information content (AvgIpc) is 2.32. The van der Waals surface area contributed by atoms with Crippen molar-refractivity contribution in [1.82, 2.24) is 0 Å². The molecule has 1 aliphatic heterocycles. The zero-order chi connectivity index (χ0) is 14.2. The van der Waals surface area contributed by atoms with Gasteiger partial charge in [-0.3, -0.25) is 0 Å². The van der Waals surface area contributed by atoms with Crippen LogP contribution < -0.4 is 4.74 Å². The summed E-state index contributed by atoms with van der Waals surface area (Å²) in [5, 5.41) is 19.5. The maximum absolute atomic E-state index is 10.2. The van der Waals surface area contributed by atoms with Gasteiger partial charge in [0.1, 0.15) is 17.1 Å². The number of hydrogen-bond donors (Lipinski definition) is 2. The molecule has 0 amide bonds. The first-order valence-electron chi connectivity index (χ1n) is 7.04. The predicted molar refractivity (Wildman–Crippen MR) is 75.7 cm³/mol. The van der Waals surface area contributed by atoms with Crippen LogP contribution in [0.15, 0.2) is 6.07 Å². The Morgan fingerprint density at radius 1 is 1.42 bits per heavy atom. The molecule has 0 aliphatic carbocycles. The van der Waals surface area contributed by atoms with Crippen LogP contribution in [0.25, 0.3) is 0 Å². The molecule has 0 aromatic heterocycles. The zero-order valence-corrected chi connectivity index (χ0v) is 12.3. The minimum atomic E-state index is -0.191. The van der Waals surface area contributed by atoms with Gasteiger partial charge >= 0.3 is 0 Å². The van der Waals surface area contributed by atoms with Crippen molar-refractivity contribution in [2.45, 2.75) is 65.1 Å². The third-order valence-electron chi connectivity index (χ3n) is 3.97. The van der Waals surface area contributed by atoms with Gasteiger partial charge < -0.3 is 14.9 Å². The van der Waals surface area contributed by atoms with Crippen molar-refractivity contribution >= 4 is 0 Å². The Kier molecular flexibility index (Phi) is 3.77. The van der Waals surface area contributed by atoms with Crippen molar-refractivity contribution in [3.8, 4) is 11.5 Å². The number of aliphatic hydroxyl groups excluding tert-OH is 1. The molecule has 1 atom stereocenters. The Hall–Kier alpha value is -1.22. The number of ether oxygens (including phenoxy) is 1. The summed E-state index contributed by atoms with van der Waals surface area (Å²) >= 11 is 0. The molecule has 0 saturated heterocycles. The molecule has 0 radical (unpaired) electrons. The molecular formula is C16H24O3. The maximum atomic E-state index is 10.2. The number of rotatable bonds is 3. The maximum Gasteiger partial charge on any atom is 0.124 e. The number of benzene rings is 1. The number of aliphatic hydroxyl groups is 1. The Balaban J connectivity index is 2.57. The van der Waals surface area contributed by atoms with E-state index in [1.807, 2.05) is 6.92 Å². The van der Waals surface area contributed by atoms with Gasteiger partial charge in [-0.05, 0) is 51.2 Å². The standard InChI is InChI=1S/C16H24O3/c1-5-6-11-8-16(3,4)19-13-7-12(9-17)15(18)10(2)14(11)13/h7,11,17-18H,5-6,8-9H2,1-4H3. The number of phenols is 1. The SMILES string of the molecule is CCCC1CC(C)(C)Oc2cc(CO)c(O)c(C)c21. The fraction of sp³-hybridized carbons (Fsp3) is 0.625. The lowest BCUT2D eigenvalue weighted by atomic mass is 9.79. The van der Waals surface area contributed by atoms with Crippen molar-refractivity contribution in [3.05, 3.63) is 22.8 Å². The largest absolute Gasteiger partial charge is 0.507 e. The third-order valence-corrected chi connectivity index (χ3v) is 3.97. The summed E-state index contributed by atoms with van der Waals surface area (Å²) in [5.41, 5.74) is 2.33. The molecule has 19 heavy (non-hydrogen) atoms. The second-order valence-electron chi connectivity index (χ2n) is 6.13. The normalized spacial score (nSPS) is 20.8. The van der Waals surface area contributed by atoms with E-state index in [1.54, 1.807) is 6.07 Å². The first kappa shape index (κ1) is 14.2. The van der Waals surface area contributed by atoms with Gasteiger partial charge in [-0.25, -0.2) is 0 Å². The van der Waals surface area contributed by atoms with Crippen LogP contribution in [0.3, 0.4) is 0 Å². The second kappa shape index (κ2) is 5.04. The number of hydrogen-bond acceptors (Lipinski definition) is 3. The molecule has 1 aromatic rings. The molecule has 3 heteroatoms. The highest BCUT2D eigenvalue weighted by molar-refractivity contribution is 5.55. The highest BCUT2D eigenvalue weighted by Gasteiger charge is 2.35. The monoisotopic (exact) mass is 264 g/mol. The molecule has 2 rings (SSSR count). The molecule has 3 nitrogen and oxygen atoms in total. The van der Waals surface area contributed by atoms with E-state index in [0.29, 0.717) is 11.5 Å². The Morgan fingerprint density at radius 2 is 2.11 bits per heavy atom. The van der Waals surface area contributed by atoms with Crippen molar-refractivity contribution in [3.63, 3.8) is 0 Å². The third kappa shape index (κ3) is 2.57. The van der Waals surface area contributed by atoms with Crippen LogP contribution in [0.4, 0.5) is 0 Å². The fourth-order valence-corrected chi connectivity index (χ4v) is 3.20. The van der Waals surface area contributed by atoms with Crippen LogP contribution in [-0.2, 0) is 6.61 Å². The summed E-state index contributed by atoms with van der Waals surface area (Å²) in [6.07, 6.45) is 3.17. The van der Waals surface area contributed by atoms with E-state index < -0.39 is 0 Å². The predicted octanol–water partition coefficient (Wildman–Crippen LogP) is 3.64. The van der Waals surface area contributed by atoms with E-state index in [2.05, 4.69) is 20.8 Å². The Morgan fingerprint density at radius 3 is 2.68 bits per heavy atom. The van der Waals surface area contributed by atoms with Crippen molar-refractivity contribution < 1.29 is 14.9 Å². The summed E-state index contributed by atoms with van der Waals surface area (Å²) in [7, 11) is 0. The number of fused-ring (bicyclic) bond motifs is 1. The molecule has 0 bridgehead atoms. The molecular weight excluding hydrogens is 240 g/mol. The molecule has 2 N–H and O–H groups in total. The van der Waals surface area contributed by atoms with E-state index in [0.717, 1.165) is 36.1 Å².